The van der Waals surface area contributed by atoms with Gasteiger partial charge >= 0.3 is 0 Å². The highest BCUT2D eigenvalue weighted by molar-refractivity contribution is 5.59. The fraction of sp³-hybridized carbons (Fsp3) is 0. The number of hydrogen-bond donors (Lipinski definition) is 1. The second kappa shape index (κ2) is 2.02. The number of nitrogens with one attached hydrogen (secondary N) is 1. The predicted octanol–water partition coefficient (Wildman–Crippen LogP) is 1.67. The van der Waals surface area contributed by atoms with Crippen molar-refractivity contribution in [2.24, 2.45) is 0 Å². The number of hydrogen-bond acceptors (Lipinski definition) is 2. The zero-order chi connectivity index (χ0) is 6.81. The summed E-state index contributed by atoms with van der Waals surface area (Å²) in [6.45, 7) is 0. The van der Waals surface area contributed by atoms with Gasteiger partial charge in [0.1, 0.15) is 0 Å². The van der Waals surface area contributed by atoms with Gasteiger partial charge in [-0.2, -0.15) is 5.10 Å². The molecular formula is C7H6N2O. The van der Waals surface area contributed by atoms with Crippen LogP contribution in [0.5, 0.6) is 0 Å². The summed E-state index contributed by atoms with van der Waals surface area (Å²) >= 11 is 0. The maximum absolute atomic E-state index is 4.90. The minimum absolute atomic E-state index is 1.05. The van der Waals surface area contributed by atoms with Gasteiger partial charge in [0.15, 0.2) is 0 Å². The quantitative estimate of drug-likeness (QED) is 0.644. The Morgan fingerprint density at radius 3 is 3.00 bits per heavy atom. The molecule has 3 nitrogen and oxygen atoms in total. The Kier molecular flexibility index (Phi) is 1.07. The average Bonchev–Trinajstić information content (AvgIpc) is 2.59. The van der Waals surface area contributed by atoms with Crippen molar-refractivity contribution in [1.29, 1.82) is 0 Å². The molecule has 0 spiro atoms. The summed E-state index contributed by atoms with van der Waals surface area (Å²) in [5.74, 6) is 0. The first-order valence-corrected chi connectivity index (χ1v) is 2.98. The lowest BCUT2D eigenvalue weighted by molar-refractivity contribution is 0.568. The Hall–Kier alpha value is -1.51. The van der Waals surface area contributed by atoms with E-state index in [1.54, 1.807) is 18.7 Å². The molecule has 0 fully saturated rings. The zero-order valence-corrected chi connectivity index (χ0v) is 5.24. The van der Waals surface area contributed by atoms with Gasteiger partial charge in [0.05, 0.1) is 18.7 Å². The summed E-state index contributed by atoms with van der Waals surface area (Å²) in [5, 5.41) is 6.54. The van der Waals surface area contributed by atoms with E-state index in [1.807, 2.05) is 12.3 Å². The summed E-state index contributed by atoms with van der Waals surface area (Å²) in [6, 6.07) is 1.89. The van der Waals surface area contributed by atoms with E-state index in [1.165, 1.54) is 0 Å². The fourth-order valence-corrected chi connectivity index (χ4v) is 0.837. The Morgan fingerprint density at radius 2 is 2.40 bits per heavy atom. The molecule has 0 amide bonds. The maximum Gasteiger partial charge on any atom is 0.0982 e. The molecule has 2 heterocycles. The molecule has 0 bridgehead atoms. The van der Waals surface area contributed by atoms with Crippen LogP contribution in [-0.4, -0.2) is 10.2 Å². The van der Waals surface area contributed by atoms with Crippen molar-refractivity contribution in [3.63, 3.8) is 0 Å². The molecule has 0 radical (unpaired) electrons. The van der Waals surface area contributed by atoms with Gasteiger partial charge in [0.25, 0.3) is 0 Å². The van der Waals surface area contributed by atoms with Gasteiger partial charge in [0, 0.05) is 17.3 Å². The van der Waals surface area contributed by atoms with Gasteiger partial charge in [-0.25, -0.2) is 0 Å². The zero-order valence-electron chi connectivity index (χ0n) is 5.24. The van der Waals surface area contributed by atoms with Crippen LogP contribution in [0.3, 0.4) is 0 Å². The average molecular weight is 134 g/mol. The van der Waals surface area contributed by atoms with E-state index >= 15 is 0 Å². The van der Waals surface area contributed by atoms with Crippen molar-refractivity contribution < 1.29 is 4.42 Å². The fourth-order valence-electron chi connectivity index (χ4n) is 0.837. The molecule has 2 aromatic rings. The Bertz CT molecular complexity index is 251. The van der Waals surface area contributed by atoms with Crippen molar-refractivity contribution in [2.75, 3.05) is 0 Å². The first-order chi connectivity index (χ1) is 4.97. The maximum atomic E-state index is 4.90. The summed E-state index contributed by atoms with van der Waals surface area (Å²) < 4.78 is 4.90. The molecule has 0 aliphatic heterocycles. The normalized spacial score (nSPS) is 10.0. The van der Waals surface area contributed by atoms with Crippen molar-refractivity contribution in [3.05, 3.63) is 31.0 Å². The van der Waals surface area contributed by atoms with Crippen LogP contribution in [-0.2, 0) is 0 Å². The van der Waals surface area contributed by atoms with Gasteiger partial charge in [-0.15, -0.1) is 0 Å². The summed E-state index contributed by atoms with van der Waals surface area (Å²) in [6.07, 6.45) is 6.91. The monoisotopic (exact) mass is 134 g/mol. The van der Waals surface area contributed by atoms with Crippen LogP contribution in [0.4, 0.5) is 0 Å². The van der Waals surface area contributed by atoms with Crippen LogP contribution < -0.4 is 0 Å². The molecular weight excluding hydrogens is 128 g/mol. The molecule has 50 valence electrons. The van der Waals surface area contributed by atoms with Gasteiger partial charge in [-0.3, -0.25) is 5.10 Å². The minimum Gasteiger partial charge on any atom is -0.472 e. The van der Waals surface area contributed by atoms with Crippen LogP contribution in [0.15, 0.2) is 35.4 Å². The predicted molar refractivity (Wildman–Crippen MR) is 36.3 cm³/mol. The molecule has 0 saturated heterocycles. The van der Waals surface area contributed by atoms with Gasteiger partial charge < -0.3 is 4.42 Å². The topological polar surface area (TPSA) is 41.8 Å². The number of H-pyrrole nitrogens is 1. The van der Waals surface area contributed by atoms with Crippen molar-refractivity contribution in [3.8, 4) is 11.1 Å². The number of nitrogens with zero attached hydrogens (tertiary/aromatic N) is 1. The van der Waals surface area contributed by atoms with E-state index in [-0.39, 0.29) is 0 Å². The van der Waals surface area contributed by atoms with E-state index in [0.717, 1.165) is 11.1 Å². The van der Waals surface area contributed by atoms with E-state index in [4.69, 9.17) is 4.42 Å². The Morgan fingerprint density at radius 1 is 1.40 bits per heavy atom. The van der Waals surface area contributed by atoms with Gasteiger partial charge in [0.2, 0.25) is 0 Å². The lowest BCUT2D eigenvalue weighted by Gasteiger charge is -1.82. The number of aromatic nitrogens is 2. The molecule has 10 heavy (non-hydrogen) atoms. The molecule has 2 rings (SSSR count). The summed E-state index contributed by atoms with van der Waals surface area (Å²) in [7, 11) is 0. The molecule has 1 N–H and O–H groups in total. The third-order valence-corrected chi connectivity index (χ3v) is 1.35. The number of aromatic amines is 1. The first kappa shape index (κ1) is 5.29. The first-order valence-electron chi connectivity index (χ1n) is 2.98. The second-order valence-electron chi connectivity index (χ2n) is 2.00. The van der Waals surface area contributed by atoms with Crippen molar-refractivity contribution >= 4 is 0 Å². The summed E-state index contributed by atoms with van der Waals surface area (Å²) in [4.78, 5) is 0. The third kappa shape index (κ3) is 0.719. The highest BCUT2D eigenvalue weighted by atomic mass is 16.3. The highest BCUT2D eigenvalue weighted by Crippen LogP contribution is 2.16. The van der Waals surface area contributed by atoms with E-state index in [0.29, 0.717) is 0 Å². The Labute approximate surface area is 57.7 Å². The van der Waals surface area contributed by atoms with Crippen LogP contribution in [0, 0.1) is 0 Å². The van der Waals surface area contributed by atoms with E-state index in [9.17, 15) is 0 Å². The molecule has 0 aliphatic rings. The van der Waals surface area contributed by atoms with Crippen LogP contribution in [0.1, 0.15) is 0 Å². The van der Waals surface area contributed by atoms with Crippen molar-refractivity contribution in [2.45, 2.75) is 0 Å². The van der Waals surface area contributed by atoms with Crippen LogP contribution >= 0.6 is 0 Å². The minimum atomic E-state index is 1.05. The molecule has 0 unspecified atom stereocenters. The summed E-state index contributed by atoms with van der Waals surface area (Å²) in [5.41, 5.74) is 2.10. The largest absolute Gasteiger partial charge is 0.472 e. The van der Waals surface area contributed by atoms with Crippen molar-refractivity contribution in [1.82, 2.24) is 10.2 Å². The lowest BCUT2D eigenvalue weighted by Crippen LogP contribution is -1.62. The molecule has 0 aromatic carbocycles. The van der Waals surface area contributed by atoms with Gasteiger partial charge in [-0.05, 0) is 6.07 Å². The SMILES string of the molecule is c1cc(-c2cn[nH]c2)co1. The molecule has 0 saturated carbocycles. The molecule has 3 heteroatoms. The van der Waals surface area contributed by atoms with Crippen LogP contribution in [0.2, 0.25) is 0 Å². The Balaban J connectivity index is 2.48. The molecule has 0 aliphatic carbocycles. The highest BCUT2D eigenvalue weighted by Gasteiger charge is 1.97. The molecule has 0 atom stereocenters. The van der Waals surface area contributed by atoms with E-state index < -0.39 is 0 Å². The van der Waals surface area contributed by atoms with E-state index in [2.05, 4.69) is 10.2 Å². The second-order valence-corrected chi connectivity index (χ2v) is 2.00. The van der Waals surface area contributed by atoms with Crippen LogP contribution in [0.25, 0.3) is 11.1 Å². The van der Waals surface area contributed by atoms with Gasteiger partial charge in [-0.1, -0.05) is 0 Å². The standard InChI is InChI=1S/C7H6N2O/c1-2-10-5-6(1)7-3-8-9-4-7/h1-5H,(H,8,9). The smallest absolute Gasteiger partial charge is 0.0982 e. The molecule has 2 aromatic heterocycles. The number of furan rings is 1. The third-order valence-electron chi connectivity index (χ3n) is 1.35. The lowest BCUT2D eigenvalue weighted by atomic mass is 10.2. The number of rotatable bonds is 1.